The number of para-hydroxylation sites is 2. The first-order valence-electron chi connectivity index (χ1n) is 9.55. The van der Waals surface area contributed by atoms with E-state index in [-0.39, 0.29) is 0 Å². The predicted molar refractivity (Wildman–Crippen MR) is 105 cm³/mol. The number of nitrogens with one attached hydrogen (secondary N) is 1. The molecule has 0 radical (unpaired) electrons. The number of nitrogens with zero attached hydrogens (tertiary/aromatic N) is 1. The third kappa shape index (κ3) is 5.09. The first-order chi connectivity index (χ1) is 12.4. The molecule has 2 aromatic carbocycles. The number of imidazole rings is 1. The summed E-state index contributed by atoms with van der Waals surface area (Å²) in [6, 6.07) is 16.3. The normalized spacial score (nSPS) is 11.1. The molecule has 0 aliphatic carbocycles. The quantitative estimate of drug-likeness (QED) is 0.437. The van der Waals surface area contributed by atoms with Crippen molar-refractivity contribution in [2.75, 3.05) is 6.61 Å². The van der Waals surface area contributed by atoms with E-state index in [2.05, 4.69) is 29.0 Å². The van der Waals surface area contributed by atoms with Gasteiger partial charge in [-0.25, -0.2) is 4.98 Å². The number of hydrogen-bond acceptors (Lipinski definition) is 2. The maximum atomic E-state index is 5.85. The summed E-state index contributed by atoms with van der Waals surface area (Å²) >= 11 is 0. The van der Waals surface area contributed by atoms with Gasteiger partial charge in [0.2, 0.25) is 0 Å². The van der Waals surface area contributed by atoms with Crippen LogP contribution in [0.1, 0.15) is 51.9 Å². The summed E-state index contributed by atoms with van der Waals surface area (Å²) in [5, 5.41) is 0. The summed E-state index contributed by atoms with van der Waals surface area (Å²) in [6.45, 7) is 3.06. The lowest BCUT2D eigenvalue weighted by Crippen LogP contribution is -1.97. The van der Waals surface area contributed by atoms with Gasteiger partial charge >= 0.3 is 0 Å². The number of aromatic amines is 1. The Labute approximate surface area is 150 Å². The van der Waals surface area contributed by atoms with Crippen molar-refractivity contribution < 1.29 is 4.74 Å². The molecule has 0 aliphatic rings. The molecule has 0 fully saturated rings. The standard InChI is InChI=1S/C22H28N2O/c1-2-3-4-5-6-7-10-17-25-19-15-13-18(14-16-19)22-23-20-11-8-9-12-21(20)24-22/h8-9,11-16H,2-7,10,17H2,1H3,(H,23,24). The zero-order valence-corrected chi connectivity index (χ0v) is 15.1. The van der Waals surface area contributed by atoms with Crippen LogP contribution in [0.4, 0.5) is 0 Å². The maximum absolute atomic E-state index is 5.85. The lowest BCUT2D eigenvalue weighted by Gasteiger charge is -2.06. The lowest BCUT2D eigenvalue weighted by atomic mass is 10.1. The molecule has 0 unspecified atom stereocenters. The molecule has 3 aromatic rings. The van der Waals surface area contributed by atoms with E-state index in [4.69, 9.17) is 4.74 Å². The maximum Gasteiger partial charge on any atom is 0.138 e. The highest BCUT2D eigenvalue weighted by Gasteiger charge is 2.05. The van der Waals surface area contributed by atoms with Gasteiger partial charge in [0.05, 0.1) is 17.6 Å². The number of benzene rings is 2. The molecule has 0 saturated carbocycles. The Morgan fingerprint density at radius 1 is 0.840 bits per heavy atom. The fraction of sp³-hybridized carbons (Fsp3) is 0.409. The molecule has 1 aromatic heterocycles. The van der Waals surface area contributed by atoms with E-state index in [1.807, 2.05) is 36.4 Å². The van der Waals surface area contributed by atoms with Crippen LogP contribution in [0.25, 0.3) is 22.4 Å². The summed E-state index contributed by atoms with van der Waals surface area (Å²) in [6.07, 6.45) is 9.15. The highest BCUT2D eigenvalue weighted by molar-refractivity contribution is 5.79. The number of aromatic nitrogens is 2. The van der Waals surface area contributed by atoms with Gasteiger partial charge in [-0.1, -0.05) is 57.6 Å². The molecule has 0 amide bonds. The number of H-pyrrole nitrogens is 1. The van der Waals surface area contributed by atoms with Gasteiger partial charge in [0, 0.05) is 5.56 Å². The summed E-state index contributed by atoms with van der Waals surface area (Å²) in [4.78, 5) is 7.99. The Hall–Kier alpha value is -2.29. The fourth-order valence-electron chi connectivity index (χ4n) is 3.05. The lowest BCUT2D eigenvalue weighted by molar-refractivity contribution is 0.304. The molecular weight excluding hydrogens is 308 g/mol. The van der Waals surface area contributed by atoms with Crippen molar-refractivity contribution in [2.45, 2.75) is 51.9 Å². The van der Waals surface area contributed by atoms with Crippen molar-refractivity contribution in [1.82, 2.24) is 9.97 Å². The molecular formula is C22H28N2O. The second-order valence-corrected chi connectivity index (χ2v) is 6.60. The second-order valence-electron chi connectivity index (χ2n) is 6.60. The minimum atomic E-state index is 0.803. The summed E-state index contributed by atoms with van der Waals surface area (Å²) in [5.74, 6) is 1.84. The van der Waals surface area contributed by atoms with Crippen molar-refractivity contribution >= 4 is 11.0 Å². The molecule has 1 N–H and O–H groups in total. The van der Waals surface area contributed by atoms with Crippen molar-refractivity contribution in [3.05, 3.63) is 48.5 Å². The van der Waals surface area contributed by atoms with Crippen LogP contribution >= 0.6 is 0 Å². The Bertz CT molecular complexity index is 728. The molecule has 3 heteroatoms. The van der Waals surface area contributed by atoms with Crippen LogP contribution in [0, 0.1) is 0 Å². The van der Waals surface area contributed by atoms with Gasteiger partial charge in [0.15, 0.2) is 0 Å². The fourth-order valence-corrected chi connectivity index (χ4v) is 3.05. The minimum absolute atomic E-state index is 0.803. The van der Waals surface area contributed by atoms with E-state index in [1.54, 1.807) is 0 Å². The molecule has 0 bridgehead atoms. The van der Waals surface area contributed by atoms with Crippen molar-refractivity contribution in [2.24, 2.45) is 0 Å². The molecule has 0 saturated heterocycles. The van der Waals surface area contributed by atoms with E-state index in [9.17, 15) is 0 Å². The second kappa shape index (κ2) is 9.26. The van der Waals surface area contributed by atoms with Gasteiger partial charge in [0.1, 0.15) is 11.6 Å². The molecule has 0 atom stereocenters. The first kappa shape index (κ1) is 17.5. The molecule has 25 heavy (non-hydrogen) atoms. The van der Waals surface area contributed by atoms with Crippen molar-refractivity contribution in [3.8, 4) is 17.1 Å². The average Bonchev–Trinajstić information content (AvgIpc) is 3.08. The number of ether oxygens (including phenoxy) is 1. The predicted octanol–water partition coefficient (Wildman–Crippen LogP) is 6.36. The van der Waals surface area contributed by atoms with Gasteiger partial charge in [0.25, 0.3) is 0 Å². The molecule has 0 spiro atoms. The third-order valence-electron chi connectivity index (χ3n) is 4.53. The smallest absolute Gasteiger partial charge is 0.138 e. The van der Waals surface area contributed by atoms with Gasteiger partial charge < -0.3 is 9.72 Å². The van der Waals surface area contributed by atoms with Crippen LogP contribution in [0.3, 0.4) is 0 Å². The summed E-state index contributed by atoms with van der Waals surface area (Å²) in [5.41, 5.74) is 3.15. The van der Waals surface area contributed by atoms with Crippen LogP contribution in [0.15, 0.2) is 48.5 Å². The van der Waals surface area contributed by atoms with E-state index in [0.29, 0.717) is 0 Å². The Balaban J connectivity index is 1.44. The van der Waals surface area contributed by atoms with E-state index in [0.717, 1.165) is 41.2 Å². The Morgan fingerprint density at radius 2 is 1.56 bits per heavy atom. The SMILES string of the molecule is CCCCCCCCCOc1ccc(-c2nc3ccccc3[nH]2)cc1. The van der Waals surface area contributed by atoms with Crippen LogP contribution in [0.5, 0.6) is 5.75 Å². The number of rotatable bonds is 10. The van der Waals surface area contributed by atoms with E-state index < -0.39 is 0 Å². The van der Waals surface area contributed by atoms with Crippen LogP contribution in [0.2, 0.25) is 0 Å². The van der Waals surface area contributed by atoms with E-state index >= 15 is 0 Å². The Morgan fingerprint density at radius 3 is 2.32 bits per heavy atom. The number of hydrogen-bond donors (Lipinski definition) is 1. The van der Waals surface area contributed by atoms with Crippen LogP contribution in [-0.2, 0) is 0 Å². The van der Waals surface area contributed by atoms with E-state index in [1.165, 1.54) is 38.5 Å². The highest BCUT2D eigenvalue weighted by atomic mass is 16.5. The van der Waals surface area contributed by atoms with Gasteiger partial charge in [-0.3, -0.25) is 0 Å². The van der Waals surface area contributed by atoms with Crippen molar-refractivity contribution in [1.29, 1.82) is 0 Å². The topological polar surface area (TPSA) is 37.9 Å². The number of unbranched alkanes of at least 4 members (excludes halogenated alkanes) is 6. The first-order valence-corrected chi connectivity index (χ1v) is 9.55. The summed E-state index contributed by atoms with van der Waals surface area (Å²) in [7, 11) is 0. The molecule has 0 aliphatic heterocycles. The van der Waals surface area contributed by atoms with Crippen molar-refractivity contribution in [3.63, 3.8) is 0 Å². The van der Waals surface area contributed by atoms with Crippen LogP contribution in [-0.4, -0.2) is 16.6 Å². The number of fused-ring (bicyclic) bond motifs is 1. The zero-order chi connectivity index (χ0) is 17.3. The minimum Gasteiger partial charge on any atom is -0.494 e. The van der Waals surface area contributed by atoms with Gasteiger partial charge in [-0.05, 0) is 42.8 Å². The van der Waals surface area contributed by atoms with Gasteiger partial charge in [-0.2, -0.15) is 0 Å². The monoisotopic (exact) mass is 336 g/mol. The Kier molecular flexibility index (Phi) is 6.49. The average molecular weight is 336 g/mol. The molecule has 3 rings (SSSR count). The van der Waals surface area contributed by atoms with Gasteiger partial charge in [-0.15, -0.1) is 0 Å². The van der Waals surface area contributed by atoms with Crippen LogP contribution < -0.4 is 4.74 Å². The zero-order valence-electron chi connectivity index (χ0n) is 15.1. The molecule has 1 heterocycles. The largest absolute Gasteiger partial charge is 0.494 e. The third-order valence-corrected chi connectivity index (χ3v) is 4.53. The molecule has 3 nitrogen and oxygen atoms in total. The highest BCUT2D eigenvalue weighted by Crippen LogP contribution is 2.23. The summed E-state index contributed by atoms with van der Waals surface area (Å²) < 4.78 is 5.85. The molecule has 132 valence electrons.